The normalized spacial score (nSPS) is 10.8. The SMILES string of the molecule is N#CN=C([S-])SCc1c(F)c(F)c(F)c(F)c1F.[K+]. The number of nitriles is 1. The van der Waals surface area contributed by atoms with Crippen LogP contribution in [0.3, 0.4) is 0 Å². The van der Waals surface area contributed by atoms with Crippen molar-refractivity contribution < 1.29 is 73.3 Å². The molecule has 0 amide bonds. The molecule has 1 aromatic rings. The average Bonchev–Trinajstić information content (AvgIpc) is 2.34. The van der Waals surface area contributed by atoms with Crippen LogP contribution in [0.4, 0.5) is 22.0 Å². The molecule has 0 radical (unpaired) electrons. The summed E-state index contributed by atoms with van der Waals surface area (Å²) >= 11 is 5.01. The molecule has 2 nitrogen and oxygen atoms in total. The smallest absolute Gasteiger partial charge is 0.752 e. The first kappa shape index (κ1) is 19.2. The van der Waals surface area contributed by atoms with Crippen molar-refractivity contribution >= 4 is 28.8 Å². The minimum Gasteiger partial charge on any atom is -0.752 e. The second-order valence-electron chi connectivity index (χ2n) is 2.81. The maximum absolute atomic E-state index is 13.2. The summed E-state index contributed by atoms with van der Waals surface area (Å²) in [6.07, 6.45) is 1.33. The van der Waals surface area contributed by atoms with Crippen LogP contribution in [0.15, 0.2) is 4.99 Å². The molecule has 0 aliphatic rings. The Morgan fingerprint density at radius 2 is 1.47 bits per heavy atom. The Labute approximate surface area is 157 Å². The second-order valence-corrected chi connectivity index (χ2v) is 4.42. The van der Waals surface area contributed by atoms with Gasteiger partial charge in [-0.2, -0.15) is 10.3 Å². The van der Waals surface area contributed by atoms with E-state index < -0.39 is 40.4 Å². The third-order valence-electron chi connectivity index (χ3n) is 1.78. The fourth-order valence-electron chi connectivity index (χ4n) is 0.984. The van der Waals surface area contributed by atoms with Crippen molar-refractivity contribution in [1.29, 1.82) is 5.26 Å². The quantitative estimate of drug-likeness (QED) is 0.112. The summed E-state index contributed by atoms with van der Waals surface area (Å²) in [5.41, 5.74) is -1.01. The number of benzene rings is 1. The summed E-state index contributed by atoms with van der Waals surface area (Å²) < 4.78 is 64.4. The van der Waals surface area contributed by atoms with Crippen LogP contribution in [0.2, 0.25) is 0 Å². The summed E-state index contributed by atoms with van der Waals surface area (Å²) in [5, 5.41) is 8.13. The fourth-order valence-corrected chi connectivity index (χ4v) is 1.83. The average molecular weight is 336 g/mol. The van der Waals surface area contributed by atoms with Gasteiger partial charge < -0.3 is 12.6 Å². The third-order valence-corrected chi connectivity index (χ3v) is 3.00. The number of rotatable bonds is 2. The zero-order chi connectivity index (χ0) is 13.9. The van der Waals surface area contributed by atoms with E-state index in [1.165, 1.54) is 6.19 Å². The van der Waals surface area contributed by atoms with Crippen molar-refractivity contribution in [3.05, 3.63) is 34.6 Å². The maximum Gasteiger partial charge on any atom is 1.00 e. The van der Waals surface area contributed by atoms with E-state index in [-0.39, 0.29) is 55.8 Å². The molecule has 0 aliphatic heterocycles. The Kier molecular flexibility index (Phi) is 8.61. The summed E-state index contributed by atoms with van der Waals surface area (Å²) in [5.74, 6) is -10.7. The van der Waals surface area contributed by atoms with Gasteiger partial charge in [0.2, 0.25) is 12.0 Å². The van der Waals surface area contributed by atoms with Crippen molar-refractivity contribution in [2.45, 2.75) is 5.75 Å². The molecule has 0 fully saturated rings. The first-order chi connectivity index (χ1) is 8.40. The Morgan fingerprint density at radius 1 is 1.05 bits per heavy atom. The second kappa shape index (κ2) is 8.51. The Morgan fingerprint density at radius 3 is 1.89 bits per heavy atom. The van der Waals surface area contributed by atoms with Gasteiger partial charge >= 0.3 is 51.4 Å². The molecule has 0 saturated carbocycles. The molecule has 0 bridgehead atoms. The van der Waals surface area contributed by atoms with Crippen LogP contribution in [-0.4, -0.2) is 4.38 Å². The predicted octanol–water partition coefficient (Wildman–Crippen LogP) is 0.00328. The van der Waals surface area contributed by atoms with Gasteiger partial charge in [0.05, 0.1) is 0 Å². The number of hydrogen-bond donors (Lipinski definition) is 0. The van der Waals surface area contributed by atoms with Crippen molar-refractivity contribution in [3.8, 4) is 6.19 Å². The van der Waals surface area contributed by atoms with Gasteiger partial charge in [-0.25, -0.2) is 22.0 Å². The molecule has 0 saturated heterocycles. The molecule has 10 heteroatoms. The number of thioether (sulfide) groups is 1. The van der Waals surface area contributed by atoms with Gasteiger partial charge in [-0.05, 0) is 4.38 Å². The van der Waals surface area contributed by atoms with Gasteiger partial charge in [-0.15, -0.1) is 11.8 Å². The summed E-state index contributed by atoms with van der Waals surface area (Å²) in [4.78, 5) is 3.05. The zero-order valence-electron chi connectivity index (χ0n) is 9.31. The van der Waals surface area contributed by atoms with Crippen molar-refractivity contribution in [3.63, 3.8) is 0 Å². The standard InChI is InChI=1S/C9H3F5N2S2.K/c10-4-3(1-18-9(17)16-2-15)5(11)7(13)8(14)6(4)12;/h1H2,(H,16,17);/q;+1/p-1. The first-order valence-corrected chi connectivity index (χ1v) is 5.56. The van der Waals surface area contributed by atoms with Gasteiger partial charge in [0.1, 0.15) is 0 Å². The van der Waals surface area contributed by atoms with Gasteiger partial charge in [-0.1, -0.05) is 0 Å². The van der Waals surface area contributed by atoms with Crippen LogP contribution in [0.1, 0.15) is 5.56 Å². The minimum absolute atomic E-state index is 0. The maximum atomic E-state index is 13.2. The van der Waals surface area contributed by atoms with E-state index in [9.17, 15) is 22.0 Å². The van der Waals surface area contributed by atoms with E-state index in [4.69, 9.17) is 5.26 Å². The van der Waals surface area contributed by atoms with Gasteiger partial charge in [0.15, 0.2) is 23.3 Å². The molecule has 19 heavy (non-hydrogen) atoms. The van der Waals surface area contributed by atoms with Crippen molar-refractivity contribution in [1.82, 2.24) is 0 Å². The molecule has 0 aliphatic carbocycles. The van der Waals surface area contributed by atoms with E-state index in [2.05, 4.69) is 17.6 Å². The molecule has 96 valence electrons. The minimum atomic E-state index is -2.22. The number of aliphatic imine (C=N–C) groups is 1. The molecule has 0 aromatic heterocycles. The molecular weight excluding hydrogens is 334 g/mol. The van der Waals surface area contributed by atoms with Crippen LogP contribution < -0.4 is 51.4 Å². The third kappa shape index (κ3) is 4.63. The van der Waals surface area contributed by atoms with Gasteiger partial charge in [-0.3, -0.25) is 0 Å². The Hall–Kier alpha value is 0.236. The topological polar surface area (TPSA) is 36.1 Å². The largest absolute Gasteiger partial charge is 1.00 e. The van der Waals surface area contributed by atoms with Crippen LogP contribution in [0.5, 0.6) is 0 Å². The number of nitrogens with zero attached hydrogens (tertiary/aromatic N) is 2. The molecule has 0 heterocycles. The van der Waals surface area contributed by atoms with Gasteiger partial charge in [0, 0.05) is 11.3 Å². The molecule has 0 unspecified atom stereocenters. The van der Waals surface area contributed by atoms with Crippen LogP contribution in [0.25, 0.3) is 0 Å². The Balaban J connectivity index is 0.00000324. The van der Waals surface area contributed by atoms with Crippen molar-refractivity contribution in [2.75, 3.05) is 0 Å². The summed E-state index contributed by atoms with van der Waals surface area (Å²) in [6.45, 7) is 0. The van der Waals surface area contributed by atoms with E-state index >= 15 is 0 Å². The number of halogens is 5. The summed E-state index contributed by atoms with van der Waals surface area (Å²) in [6, 6.07) is 0. The molecule has 0 spiro atoms. The van der Waals surface area contributed by atoms with E-state index in [1.807, 2.05) is 0 Å². The van der Waals surface area contributed by atoms with E-state index in [0.717, 1.165) is 0 Å². The zero-order valence-corrected chi connectivity index (χ0v) is 14.1. The van der Waals surface area contributed by atoms with E-state index in [1.54, 1.807) is 0 Å². The molecule has 1 aromatic carbocycles. The molecular formula is C9H2F5KN2S2. The first-order valence-electron chi connectivity index (χ1n) is 4.17. The predicted molar refractivity (Wildman–Crippen MR) is 57.9 cm³/mol. The van der Waals surface area contributed by atoms with Crippen LogP contribution in [0, 0.1) is 40.5 Å². The van der Waals surface area contributed by atoms with Crippen LogP contribution >= 0.6 is 11.8 Å². The van der Waals surface area contributed by atoms with Crippen LogP contribution in [-0.2, 0) is 18.4 Å². The van der Waals surface area contributed by atoms with Gasteiger partial charge in [0.25, 0.3) is 0 Å². The molecule has 0 atom stereocenters. The van der Waals surface area contributed by atoms with E-state index in [0.29, 0.717) is 11.8 Å². The van der Waals surface area contributed by atoms with Crippen molar-refractivity contribution in [2.24, 2.45) is 4.99 Å². The number of hydrogen-bond acceptors (Lipinski definition) is 4. The molecule has 1 rings (SSSR count). The Bertz CT molecular complexity index is 530. The monoisotopic (exact) mass is 336 g/mol. The fraction of sp³-hybridized carbons (Fsp3) is 0.111. The summed E-state index contributed by atoms with van der Waals surface area (Å²) in [7, 11) is 0. The molecule has 0 N–H and O–H groups in total.